The van der Waals surface area contributed by atoms with Crippen LogP contribution in [-0.2, 0) is 28.9 Å². The summed E-state index contributed by atoms with van der Waals surface area (Å²) in [5.41, 5.74) is 4.85. The lowest BCUT2D eigenvalue weighted by Gasteiger charge is -2.52. The molecule has 0 N–H and O–H groups in total. The van der Waals surface area contributed by atoms with Gasteiger partial charge in [0.05, 0.1) is 17.4 Å². The number of aryl methyl sites for hydroxylation is 1. The molecule has 36 heavy (non-hydrogen) atoms. The minimum atomic E-state index is -0.539. The Balaban J connectivity index is 1.13. The molecule has 2 saturated carbocycles. The molecule has 1 amide bonds. The van der Waals surface area contributed by atoms with Crippen LogP contribution < -0.4 is 0 Å². The molecule has 194 valence electrons. The minimum absolute atomic E-state index is 0.150. The number of rotatable bonds is 4. The molecular formula is C28H39N5O3. The van der Waals surface area contributed by atoms with Crippen molar-refractivity contribution in [3.05, 3.63) is 40.5 Å². The summed E-state index contributed by atoms with van der Waals surface area (Å²) in [5.74, 6) is 0.364. The van der Waals surface area contributed by atoms with Crippen LogP contribution in [0.4, 0.5) is 0 Å². The third-order valence-electron chi connectivity index (χ3n) is 8.36. The van der Waals surface area contributed by atoms with Crippen molar-refractivity contribution in [2.75, 3.05) is 6.54 Å². The van der Waals surface area contributed by atoms with Gasteiger partial charge in [-0.05, 0) is 96.1 Å². The highest BCUT2D eigenvalue weighted by atomic mass is 16.6. The van der Waals surface area contributed by atoms with Gasteiger partial charge in [0.2, 0.25) is 5.91 Å². The smallest absolute Gasteiger partial charge is 0.359 e. The number of aromatic nitrogens is 4. The van der Waals surface area contributed by atoms with Crippen molar-refractivity contribution >= 4 is 11.9 Å². The molecule has 0 saturated heterocycles. The van der Waals surface area contributed by atoms with Gasteiger partial charge in [0.15, 0.2) is 5.69 Å². The quantitative estimate of drug-likeness (QED) is 0.579. The normalized spacial score (nSPS) is 25.9. The summed E-state index contributed by atoms with van der Waals surface area (Å²) in [6.45, 7) is 10.8. The van der Waals surface area contributed by atoms with Gasteiger partial charge < -0.3 is 9.64 Å². The average Bonchev–Trinajstić information content (AvgIpc) is 3.13. The van der Waals surface area contributed by atoms with Crippen molar-refractivity contribution in [2.24, 2.45) is 11.3 Å². The van der Waals surface area contributed by atoms with Crippen LogP contribution in [0.15, 0.2) is 12.1 Å². The molecule has 0 atom stereocenters. The Morgan fingerprint density at radius 3 is 2.47 bits per heavy atom. The van der Waals surface area contributed by atoms with Crippen LogP contribution in [0.3, 0.4) is 0 Å². The number of carbonyl (C=O) groups excluding carboxylic acids is 2. The maximum Gasteiger partial charge on any atom is 0.359 e. The van der Waals surface area contributed by atoms with E-state index >= 15 is 0 Å². The molecular weight excluding hydrogens is 454 g/mol. The SMILES string of the molecule is CC(=O)N1CCc2c(c(C)nn2C2CCC3(CC2)CC(Cc2ccc(C(=O)OC(C)(C)C)nn2)C3)C1. The van der Waals surface area contributed by atoms with Gasteiger partial charge in [0, 0.05) is 37.7 Å². The van der Waals surface area contributed by atoms with E-state index in [-0.39, 0.29) is 11.6 Å². The lowest BCUT2D eigenvalue weighted by molar-refractivity contribution is -0.129. The number of nitrogens with zero attached hydrogens (tertiary/aromatic N) is 5. The lowest BCUT2D eigenvalue weighted by Crippen LogP contribution is -2.42. The fraction of sp³-hybridized carbons (Fsp3) is 0.679. The standard InChI is InChI=1S/C28H39N5O3/c1-18-23-17-32(19(2)34)13-10-25(23)33(31-18)22-8-11-28(12-9-22)15-20(16-28)14-21-6-7-24(30-29-21)26(35)36-27(3,4)5/h6-7,20,22H,8-17H2,1-5H3. The summed E-state index contributed by atoms with van der Waals surface area (Å²) in [4.78, 5) is 25.9. The van der Waals surface area contributed by atoms with Crippen molar-refractivity contribution in [3.63, 3.8) is 0 Å². The maximum absolute atomic E-state index is 12.2. The summed E-state index contributed by atoms with van der Waals surface area (Å²) in [6.07, 6.45) is 9.20. The topological polar surface area (TPSA) is 90.2 Å². The van der Waals surface area contributed by atoms with E-state index in [1.165, 1.54) is 49.8 Å². The van der Waals surface area contributed by atoms with Crippen molar-refractivity contribution in [2.45, 2.75) is 104 Å². The second kappa shape index (κ2) is 9.27. The van der Waals surface area contributed by atoms with E-state index in [1.54, 1.807) is 13.0 Å². The predicted octanol–water partition coefficient (Wildman–Crippen LogP) is 4.60. The number of fused-ring (bicyclic) bond motifs is 1. The zero-order valence-electron chi connectivity index (χ0n) is 22.3. The Morgan fingerprint density at radius 2 is 1.86 bits per heavy atom. The summed E-state index contributed by atoms with van der Waals surface area (Å²) in [6, 6.07) is 4.13. The Hall–Kier alpha value is -2.77. The second-order valence-electron chi connectivity index (χ2n) is 12.3. The Bertz CT molecular complexity index is 1130. The highest BCUT2D eigenvalue weighted by Crippen LogP contribution is 2.57. The fourth-order valence-corrected chi connectivity index (χ4v) is 6.56. The second-order valence-corrected chi connectivity index (χ2v) is 12.3. The molecule has 2 aliphatic carbocycles. The Morgan fingerprint density at radius 1 is 1.14 bits per heavy atom. The summed E-state index contributed by atoms with van der Waals surface area (Å²) >= 11 is 0. The van der Waals surface area contributed by atoms with Crippen LogP contribution in [0.25, 0.3) is 0 Å². The van der Waals surface area contributed by atoms with Gasteiger partial charge in [0.25, 0.3) is 0 Å². The summed E-state index contributed by atoms with van der Waals surface area (Å²) < 4.78 is 7.69. The molecule has 5 rings (SSSR count). The number of carbonyl (C=O) groups is 2. The maximum atomic E-state index is 12.2. The van der Waals surface area contributed by atoms with Gasteiger partial charge in [-0.3, -0.25) is 9.48 Å². The highest BCUT2D eigenvalue weighted by molar-refractivity contribution is 5.87. The van der Waals surface area contributed by atoms with E-state index < -0.39 is 11.6 Å². The van der Waals surface area contributed by atoms with E-state index in [1.807, 2.05) is 31.7 Å². The lowest BCUT2D eigenvalue weighted by atomic mass is 9.54. The number of amides is 1. The zero-order chi connectivity index (χ0) is 25.7. The van der Waals surface area contributed by atoms with E-state index in [0.717, 1.165) is 30.8 Å². The first-order valence-corrected chi connectivity index (χ1v) is 13.4. The first-order chi connectivity index (χ1) is 17.0. The van der Waals surface area contributed by atoms with Gasteiger partial charge >= 0.3 is 5.97 Å². The van der Waals surface area contributed by atoms with E-state index in [0.29, 0.717) is 23.9 Å². The van der Waals surface area contributed by atoms with Gasteiger partial charge in [-0.15, -0.1) is 5.10 Å². The molecule has 0 radical (unpaired) electrons. The van der Waals surface area contributed by atoms with Crippen LogP contribution in [0, 0.1) is 18.3 Å². The largest absolute Gasteiger partial charge is 0.455 e. The molecule has 8 heteroatoms. The van der Waals surface area contributed by atoms with E-state index in [2.05, 4.69) is 21.8 Å². The molecule has 0 aromatic carbocycles. The number of esters is 1. The van der Waals surface area contributed by atoms with Crippen LogP contribution in [0.5, 0.6) is 0 Å². The molecule has 2 fully saturated rings. The van der Waals surface area contributed by atoms with Crippen molar-refractivity contribution in [3.8, 4) is 0 Å². The molecule has 2 aromatic heterocycles. The minimum Gasteiger partial charge on any atom is -0.455 e. The first kappa shape index (κ1) is 24.9. The molecule has 1 aliphatic heterocycles. The third-order valence-corrected chi connectivity index (χ3v) is 8.36. The Kier molecular flexibility index (Phi) is 6.41. The van der Waals surface area contributed by atoms with Crippen molar-refractivity contribution in [1.82, 2.24) is 24.9 Å². The van der Waals surface area contributed by atoms with Crippen molar-refractivity contribution in [1.29, 1.82) is 0 Å². The van der Waals surface area contributed by atoms with Gasteiger partial charge in [-0.1, -0.05) is 0 Å². The first-order valence-electron chi connectivity index (χ1n) is 13.4. The molecule has 3 aliphatic rings. The average molecular weight is 494 g/mol. The molecule has 3 heterocycles. The fourth-order valence-electron chi connectivity index (χ4n) is 6.56. The Labute approximate surface area is 213 Å². The predicted molar refractivity (Wildman–Crippen MR) is 135 cm³/mol. The van der Waals surface area contributed by atoms with Crippen LogP contribution in [0.1, 0.15) is 105 Å². The van der Waals surface area contributed by atoms with Crippen molar-refractivity contribution < 1.29 is 14.3 Å². The van der Waals surface area contributed by atoms with Gasteiger partial charge in [-0.2, -0.15) is 10.2 Å². The molecule has 1 spiro atoms. The molecule has 2 aromatic rings. The summed E-state index contributed by atoms with van der Waals surface area (Å²) in [7, 11) is 0. The van der Waals surface area contributed by atoms with Crippen LogP contribution in [-0.4, -0.2) is 48.9 Å². The summed E-state index contributed by atoms with van der Waals surface area (Å²) in [5, 5.41) is 13.4. The zero-order valence-corrected chi connectivity index (χ0v) is 22.3. The molecule has 8 nitrogen and oxygen atoms in total. The van der Waals surface area contributed by atoms with Gasteiger partial charge in [-0.25, -0.2) is 4.79 Å². The molecule has 0 bridgehead atoms. The van der Waals surface area contributed by atoms with E-state index in [9.17, 15) is 9.59 Å². The number of hydrogen-bond acceptors (Lipinski definition) is 6. The monoisotopic (exact) mass is 493 g/mol. The van der Waals surface area contributed by atoms with Crippen LogP contribution >= 0.6 is 0 Å². The van der Waals surface area contributed by atoms with Crippen LogP contribution in [0.2, 0.25) is 0 Å². The van der Waals surface area contributed by atoms with E-state index in [4.69, 9.17) is 9.84 Å². The third kappa shape index (κ3) is 5.04. The number of ether oxygens (including phenoxy) is 1. The van der Waals surface area contributed by atoms with Gasteiger partial charge in [0.1, 0.15) is 5.60 Å². The highest BCUT2D eigenvalue weighted by Gasteiger charge is 2.46. The molecule has 0 unspecified atom stereocenters. The number of hydrogen-bond donors (Lipinski definition) is 0.